The second-order valence-electron chi connectivity index (χ2n) is 7.15. The molecule has 1 saturated carbocycles. The summed E-state index contributed by atoms with van der Waals surface area (Å²) in [6.45, 7) is 9.14. The minimum Gasteiger partial charge on any atom is -0.382 e. The van der Waals surface area contributed by atoms with Gasteiger partial charge in [-0.3, -0.25) is 0 Å². The molecule has 1 fully saturated rings. The average molecular weight is 270 g/mol. The first-order valence-corrected chi connectivity index (χ1v) is 7.69. The quantitative estimate of drug-likeness (QED) is 0.831. The van der Waals surface area contributed by atoms with E-state index in [1.165, 1.54) is 31.2 Å². The Morgan fingerprint density at radius 3 is 2.55 bits per heavy atom. The number of rotatable bonds is 2. The molecule has 0 aromatic heterocycles. The summed E-state index contributed by atoms with van der Waals surface area (Å²) < 4.78 is 0. The molecule has 0 heterocycles. The molecule has 0 bridgehead atoms. The molecule has 108 valence electrons. The predicted molar refractivity (Wildman–Crippen MR) is 84.7 cm³/mol. The van der Waals surface area contributed by atoms with Gasteiger partial charge in [-0.1, -0.05) is 39.7 Å². The van der Waals surface area contributed by atoms with Crippen molar-refractivity contribution >= 4 is 5.69 Å². The molecule has 0 amide bonds. The van der Waals surface area contributed by atoms with Gasteiger partial charge in [0.05, 0.1) is 11.6 Å². The van der Waals surface area contributed by atoms with Crippen molar-refractivity contribution in [2.75, 3.05) is 5.32 Å². The highest BCUT2D eigenvalue weighted by Crippen LogP contribution is 2.39. The van der Waals surface area contributed by atoms with E-state index in [9.17, 15) is 0 Å². The van der Waals surface area contributed by atoms with Crippen LogP contribution in [0.4, 0.5) is 5.69 Å². The van der Waals surface area contributed by atoms with Crippen LogP contribution in [0.3, 0.4) is 0 Å². The third-order valence-electron chi connectivity index (χ3n) is 4.59. The fourth-order valence-electron chi connectivity index (χ4n) is 3.39. The average Bonchev–Trinajstić information content (AvgIpc) is 2.41. The van der Waals surface area contributed by atoms with Crippen LogP contribution in [0.1, 0.15) is 57.6 Å². The molecule has 1 aliphatic rings. The Morgan fingerprint density at radius 2 is 1.90 bits per heavy atom. The normalized spacial score (nSPS) is 23.1. The van der Waals surface area contributed by atoms with E-state index in [0.29, 0.717) is 17.4 Å². The van der Waals surface area contributed by atoms with E-state index < -0.39 is 0 Å². The van der Waals surface area contributed by atoms with E-state index in [4.69, 9.17) is 5.26 Å². The Hall–Kier alpha value is -1.49. The van der Waals surface area contributed by atoms with Crippen LogP contribution in [0.15, 0.2) is 18.2 Å². The second-order valence-corrected chi connectivity index (χ2v) is 7.15. The molecule has 1 aromatic rings. The Labute approximate surface area is 123 Å². The van der Waals surface area contributed by atoms with Gasteiger partial charge < -0.3 is 5.32 Å². The van der Waals surface area contributed by atoms with Crippen molar-refractivity contribution in [2.24, 2.45) is 11.3 Å². The molecule has 2 heteroatoms. The van der Waals surface area contributed by atoms with Gasteiger partial charge in [0.2, 0.25) is 0 Å². The molecular weight excluding hydrogens is 244 g/mol. The van der Waals surface area contributed by atoms with Crippen LogP contribution >= 0.6 is 0 Å². The van der Waals surface area contributed by atoms with Crippen LogP contribution < -0.4 is 5.32 Å². The monoisotopic (exact) mass is 270 g/mol. The van der Waals surface area contributed by atoms with Gasteiger partial charge in [0.15, 0.2) is 0 Å². The predicted octanol–water partition coefficient (Wildman–Crippen LogP) is 4.88. The van der Waals surface area contributed by atoms with E-state index in [2.05, 4.69) is 39.1 Å². The second kappa shape index (κ2) is 5.87. The Bertz CT molecular complexity index is 505. The van der Waals surface area contributed by atoms with Crippen molar-refractivity contribution in [1.82, 2.24) is 0 Å². The van der Waals surface area contributed by atoms with E-state index in [-0.39, 0.29) is 0 Å². The number of nitrogens with zero attached hydrogens (tertiary/aromatic N) is 1. The van der Waals surface area contributed by atoms with Gasteiger partial charge in [0.25, 0.3) is 0 Å². The number of benzene rings is 1. The Kier molecular flexibility index (Phi) is 4.38. The van der Waals surface area contributed by atoms with Gasteiger partial charge in [-0.15, -0.1) is 0 Å². The van der Waals surface area contributed by atoms with Crippen molar-refractivity contribution in [3.8, 4) is 6.07 Å². The van der Waals surface area contributed by atoms with Crippen LogP contribution in [-0.4, -0.2) is 6.04 Å². The minimum absolute atomic E-state index is 0.332. The summed E-state index contributed by atoms with van der Waals surface area (Å²) in [5, 5.41) is 12.8. The van der Waals surface area contributed by atoms with Crippen LogP contribution in [0.2, 0.25) is 0 Å². The largest absolute Gasteiger partial charge is 0.382 e. The summed E-state index contributed by atoms with van der Waals surface area (Å²) in [5.74, 6) is 0.696. The van der Waals surface area contributed by atoms with E-state index >= 15 is 0 Å². The lowest BCUT2D eigenvalue weighted by atomic mass is 9.69. The molecule has 20 heavy (non-hydrogen) atoms. The summed E-state index contributed by atoms with van der Waals surface area (Å²) in [5.41, 5.74) is 3.42. The zero-order chi connectivity index (χ0) is 14.8. The van der Waals surface area contributed by atoms with Gasteiger partial charge in [0.1, 0.15) is 0 Å². The first-order valence-electron chi connectivity index (χ1n) is 7.69. The lowest BCUT2D eigenvalue weighted by Gasteiger charge is -2.41. The maximum Gasteiger partial charge on any atom is 0.0992 e. The molecule has 2 rings (SSSR count). The summed E-state index contributed by atoms with van der Waals surface area (Å²) in [7, 11) is 0. The van der Waals surface area contributed by atoms with Crippen molar-refractivity contribution in [3.63, 3.8) is 0 Å². The van der Waals surface area contributed by atoms with Crippen LogP contribution in [0.25, 0.3) is 0 Å². The highest BCUT2D eigenvalue weighted by atomic mass is 14.9. The zero-order valence-electron chi connectivity index (χ0n) is 13.2. The first-order chi connectivity index (χ1) is 9.41. The number of nitriles is 1. The van der Waals surface area contributed by atoms with Crippen LogP contribution in [0.5, 0.6) is 0 Å². The molecule has 0 spiro atoms. The summed E-state index contributed by atoms with van der Waals surface area (Å²) in [4.78, 5) is 0. The van der Waals surface area contributed by atoms with Crippen molar-refractivity contribution in [1.29, 1.82) is 5.26 Å². The molecular formula is C18H26N2. The van der Waals surface area contributed by atoms with Crippen LogP contribution in [0, 0.1) is 29.6 Å². The van der Waals surface area contributed by atoms with E-state index in [1.807, 2.05) is 18.2 Å². The molecule has 0 aliphatic heterocycles. The standard InChI is InChI=1S/C18H26N2/c1-13-9-10-14(12-19)11-17(13)20-16-8-6-5-7-15(16)18(2,3)4/h9-11,15-16,20H,5-8H2,1-4H3. The van der Waals surface area contributed by atoms with Crippen LogP contribution in [-0.2, 0) is 0 Å². The first kappa shape index (κ1) is 14.9. The smallest absolute Gasteiger partial charge is 0.0992 e. The van der Waals surface area contributed by atoms with Gasteiger partial charge in [-0.05, 0) is 48.8 Å². The molecule has 1 aliphatic carbocycles. The lowest BCUT2D eigenvalue weighted by Crippen LogP contribution is -2.39. The zero-order valence-corrected chi connectivity index (χ0v) is 13.2. The fraction of sp³-hybridized carbons (Fsp3) is 0.611. The number of nitrogens with one attached hydrogen (secondary N) is 1. The molecule has 0 saturated heterocycles. The van der Waals surface area contributed by atoms with E-state index in [1.54, 1.807) is 0 Å². The highest BCUT2D eigenvalue weighted by Gasteiger charge is 2.34. The van der Waals surface area contributed by atoms with Crippen molar-refractivity contribution in [2.45, 2.75) is 59.4 Å². The summed E-state index contributed by atoms with van der Waals surface area (Å²) in [6.07, 6.45) is 5.19. The van der Waals surface area contributed by atoms with Gasteiger partial charge >= 0.3 is 0 Å². The summed E-state index contributed by atoms with van der Waals surface area (Å²) >= 11 is 0. The number of hydrogen-bond acceptors (Lipinski definition) is 2. The molecule has 0 radical (unpaired) electrons. The molecule has 2 unspecified atom stereocenters. The third kappa shape index (κ3) is 3.33. The minimum atomic E-state index is 0.332. The molecule has 1 aromatic carbocycles. The SMILES string of the molecule is Cc1ccc(C#N)cc1NC1CCCCC1C(C)(C)C. The maximum absolute atomic E-state index is 9.06. The fourth-order valence-corrected chi connectivity index (χ4v) is 3.39. The van der Waals surface area contributed by atoms with E-state index in [0.717, 1.165) is 11.3 Å². The number of aryl methyl sites for hydroxylation is 1. The Balaban J connectivity index is 2.21. The van der Waals surface area contributed by atoms with Crippen molar-refractivity contribution < 1.29 is 0 Å². The summed E-state index contributed by atoms with van der Waals surface area (Å²) in [6, 6.07) is 8.68. The Morgan fingerprint density at radius 1 is 1.20 bits per heavy atom. The lowest BCUT2D eigenvalue weighted by molar-refractivity contribution is 0.163. The highest BCUT2D eigenvalue weighted by molar-refractivity contribution is 5.55. The number of anilines is 1. The molecule has 1 N–H and O–H groups in total. The van der Waals surface area contributed by atoms with Gasteiger partial charge in [-0.25, -0.2) is 0 Å². The number of hydrogen-bond donors (Lipinski definition) is 1. The third-order valence-corrected chi connectivity index (χ3v) is 4.59. The van der Waals surface area contributed by atoms with Gasteiger partial charge in [-0.2, -0.15) is 5.26 Å². The van der Waals surface area contributed by atoms with Crippen molar-refractivity contribution in [3.05, 3.63) is 29.3 Å². The topological polar surface area (TPSA) is 35.8 Å². The maximum atomic E-state index is 9.06. The van der Waals surface area contributed by atoms with Gasteiger partial charge in [0, 0.05) is 11.7 Å². The molecule has 2 nitrogen and oxygen atoms in total. The molecule has 2 atom stereocenters.